The van der Waals surface area contributed by atoms with Crippen molar-refractivity contribution in [3.05, 3.63) is 71.2 Å². The minimum absolute atomic E-state index is 0.0107. The first kappa shape index (κ1) is 17.8. The Kier molecular flexibility index (Phi) is 3.51. The van der Waals surface area contributed by atoms with Crippen LogP contribution in [0.25, 0.3) is 11.0 Å². The van der Waals surface area contributed by atoms with Gasteiger partial charge in [0.15, 0.2) is 0 Å². The second-order valence-corrected chi connectivity index (χ2v) is 8.76. The molecule has 158 valence electrons. The molecular formula is C25H20N4O3. The molecule has 1 aliphatic carbocycles. The van der Waals surface area contributed by atoms with Crippen LogP contribution in [0.1, 0.15) is 40.8 Å². The first-order chi connectivity index (χ1) is 15.6. The van der Waals surface area contributed by atoms with Crippen molar-refractivity contribution in [2.24, 2.45) is 0 Å². The normalized spacial score (nSPS) is 22.5. The summed E-state index contributed by atoms with van der Waals surface area (Å²) in [6.07, 6.45) is 2.84. The maximum absolute atomic E-state index is 11.7. The van der Waals surface area contributed by atoms with E-state index in [1.807, 2.05) is 18.2 Å². The molecule has 4 heterocycles. The number of hydrogen-bond donors (Lipinski definition) is 2. The van der Waals surface area contributed by atoms with Crippen LogP contribution in [0.4, 0.5) is 5.82 Å². The molecule has 2 N–H and O–H groups in total. The molecule has 4 aromatic rings. The Labute approximate surface area is 183 Å². The fourth-order valence-corrected chi connectivity index (χ4v) is 5.01. The van der Waals surface area contributed by atoms with Crippen molar-refractivity contribution in [3.63, 3.8) is 0 Å². The largest absolute Gasteiger partial charge is 0.489 e. The molecule has 1 fully saturated rings. The molecule has 3 atom stereocenters. The van der Waals surface area contributed by atoms with Crippen LogP contribution in [0.15, 0.2) is 48.7 Å². The van der Waals surface area contributed by atoms with Crippen LogP contribution < -0.4 is 14.8 Å². The molecule has 0 bridgehead atoms. The number of pyridine rings is 1. The Morgan fingerprint density at radius 3 is 2.97 bits per heavy atom. The lowest BCUT2D eigenvalue weighted by atomic mass is 10.1. The average molecular weight is 424 g/mol. The third kappa shape index (κ3) is 2.64. The minimum atomic E-state index is -0.0107. The standard InChI is InChI=1S/C25H20N4O3/c1-12-2-5-16-17(10-12)28-25(27-16)22-21-15-11-13(3-6-18(15)32-23(21)22)31-19-8-9-26-24-14(19)4-7-20(30)29-24/h2-3,5-6,8-11,21-23H,4,7H2,1H3,(H,27,28)(H,26,29,30). The summed E-state index contributed by atoms with van der Waals surface area (Å²) < 4.78 is 12.4. The van der Waals surface area contributed by atoms with Gasteiger partial charge in [0.1, 0.15) is 35.0 Å². The molecule has 7 nitrogen and oxygen atoms in total. The second kappa shape index (κ2) is 6.32. The van der Waals surface area contributed by atoms with Crippen LogP contribution in [0, 0.1) is 6.92 Å². The number of imidazole rings is 1. The monoisotopic (exact) mass is 424 g/mol. The smallest absolute Gasteiger partial charge is 0.225 e. The van der Waals surface area contributed by atoms with Crippen molar-refractivity contribution >= 4 is 22.8 Å². The number of aromatic amines is 1. The summed E-state index contributed by atoms with van der Waals surface area (Å²) >= 11 is 0. The Balaban J connectivity index is 1.18. The van der Waals surface area contributed by atoms with Crippen molar-refractivity contribution in [1.82, 2.24) is 15.0 Å². The summed E-state index contributed by atoms with van der Waals surface area (Å²) in [6.45, 7) is 2.08. The molecule has 1 saturated carbocycles. The van der Waals surface area contributed by atoms with Crippen LogP contribution in [-0.2, 0) is 11.2 Å². The maximum Gasteiger partial charge on any atom is 0.225 e. The van der Waals surface area contributed by atoms with Gasteiger partial charge < -0.3 is 19.8 Å². The van der Waals surface area contributed by atoms with E-state index in [4.69, 9.17) is 14.5 Å². The van der Waals surface area contributed by atoms with Gasteiger partial charge in [0.05, 0.1) is 17.0 Å². The number of carbonyl (C=O) groups excluding carboxylic acids is 1. The van der Waals surface area contributed by atoms with Gasteiger partial charge in [0.25, 0.3) is 0 Å². The lowest BCUT2D eigenvalue weighted by Crippen LogP contribution is -2.20. The van der Waals surface area contributed by atoms with E-state index in [9.17, 15) is 4.79 Å². The molecule has 1 amide bonds. The molecule has 0 saturated heterocycles. The number of carbonyl (C=O) groups is 1. The van der Waals surface area contributed by atoms with Gasteiger partial charge >= 0.3 is 0 Å². The predicted octanol–water partition coefficient (Wildman–Crippen LogP) is 4.59. The van der Waals surface area contributed by atoms with Gasteiger partial charge in [-0.25, -0.2) is 9.97 Å². The molecule has 2 aliphatic heterocycles. The van der Waals surface area contributed by atoms with Crippen molar-refractivity contribution in [2.45, 2.75) is 37.7 Å². The summed E-state index contributed by atoms with van der Waals surface area (Å²) in [4.78, 5) is 24.2. The number of nitrogens with zero attached hydrogens (tertiary/aromatic N) is 2. The van der Waals surface area contributed by atoms with E-state index in [1.165, 1.54) is 5.56 Å². The highest BCUT2D eigenvalue weighted by molar-refractivity contribution is 5.93. The molecule has 2 aromatic heterocycles. The quantitative estimate of drug-likeness (QED) is 0.502. The number of nitrogens with one attached hydrogen (secondary N) is 2. The van der Waals surface area contributed by atoms with Gasteiger partial charge in [0.2, 0.25) is 5.91 Å². The fourth-order valence-electron chi connectivity index (χ4n) is 5.01. The predicted molar refractivity (Wildman–Crippen MR) is 118 cm³/mol. The van der Waals surface area contributed by atoms with Crippen molar-refractivity contribution in [2.75, 3.05) is 5.32 Å². The van der Waals surface area contributed by atoms with Crippen molar-refractivity contribution in [3.8, 4) is 17.2 Å². The van der Waals surface area contributed by atoms with Gasteiger partial charge in [-0.1, -0.05) is 6.07 Å². The van der Waals surface area contributed by atoms with E-state index >= 15 is 0 Å². The summed E-state index contributed by atoms with van der Waals surface area (Å²) in [5.41, 5.74) is 5.36. The number of rotatable bonds is 3. The number of hydrogen-bond acceptors (Lipinski definition) is 5. The van der Waals surface area contributed by atoms with Gasteiger partial charge in [0, 0.05) is 29.7 Å². The van der Waals surface area contributed by atoms with Crippen molar-refractivity contribution < 1.29 is 14.3 Å². The van der Waals surface area contributed by atoms with E-state index in [2.05, 4.69) is 46.5 Å². The molecule has 32 heavy (non-hydrogen) atoms. The molecule has 0 spiro atoms. The topological polar surface area (TPSA) is 89.1 Å². The number of H-pyrrole nitrogens is 1. The maximum atomic E-state index is 11.7. The molecule has 3 aliphatic rings. The van der Waals surface area contributed by atoms with E-state index < -0.39 is 0 Å². The number of aryl methyl sites for hydroxylation is 1. The summed E-state index contributed by atoms with van der Waals surface area (Å²) in [7, 11) is 0. The first-order valence-corrected chi connectivity index (χ1v) is 10.9. The van der Waals surface area contributed by atoms with Gasteiger partial charge in [-0.3, -0.25) is 4.79 Å². The Morgan fingerprint density at radius 2 is 2.03 bits per heavy atom. The number of fused-ring (bicyclic) bond motifs is 5. The third-order valence-electron chi connectivity index (χ3n) is 6.63. The highest BCUT2D eigenvalue weighted by Crippen LogP contribution is 2.63. The summed E-state index contributed by atoms with van der Waals surface area (Å²) in [5, 5.41) is 2.82. The Hall–Kier alpha value is -3.87. The van der Waals surface area contributed by atoms with Gasteiger partial charge in [-0.05, 0) is 55.3 Å². The van der Waals surface area contributed by atoms with E-state index in [-0.39, 0.29) is 23.8 Å². The minimum Gasteiger partial charge on any atom is -0.489 e. The molecule has 7 rings (SSSR count). The van der Waals surface area contributed by atoms with Crippen LogP contribution in [0.5, 0.6) is 17.2 Å². The second-order valence-electron chi connectivity index (χ2n) is 8.76. The van der Waals surface area contributed by atoms with E-state index in [0.29, 0.717) is 18.7 Å². The zero-order valence-corrected chi connectivity index (χ0v) is 17.4. The number of benzene rings is 2. The highest BCUT2D eigenvalue weighted by Gasteiger charge is 2.61. The molecule has 0 radical (unpaired) electrons. The Morgan fingerprint density at radius 1 is 1.09 bits per heavy atom. The molecule has 2 aromatic carbocycles. The zero-order chi connectivity index (χ0) is 21.4. The van der Waals surface area contributed by atoms with E-state index in [0.717, 1.165) is 45.2 Å². The summed E-state index contributed by atoms with van der Waals surface area (Å²) in [6, 6.07) is 14.1. The number of amides is 1. The zero-order valence-electron chi connectivity index (χ0n) is 17.4. The lowest BCUT2D eigenvalue weighted by molar-refractivity contribution is -0.116. The van der Waals surface area contributed by atoms with Crippen molar-refractivity contribution in [1.29, 1.82) is 0 Å². The van der Waals surface area contributed by atoms with Gasteiger partial charge in [-0.2, -0.15) is 0 Å². The number of ether oxygens (including phenoxy) is 2. The molecule has 3 unspecified atom stereocenters. The number of aromatic nitrogens is 3. The van der Waals surface area contributed by atoms with Crippen LogP contribution >= 0.6 is 0 Å². The van der Waals surface area contributed by atoms with Crippen LogP contribution in [-0.4, -0.2) is 27.0 Å². The third-order valence-corrected chi connectivity index (χ3v) is 6.63. The van der Waals surface area contributed by atoms with E-state index in [1.54, 1.807) is 6.20 Å². The van der Waals surface area contributed by atoms with Crippen LogP contribution in [0.3, 0.4) is 0 Å². The highest BCUT2D eigenvalue weighted by atomic mass is 16.5. The average Bonchev–Trinajstić information content (AvgIpc) is 3.14. The summed E-state index contributed by atoms with van der Waals surface area (Å²) in [5.74, 6) is 4.47. The fraction of sp³-hybridized carbons (Fsp3) is 0.240. The molecule has 7 heteroatoms. The van der Waals surface area contributed by atoms with Crippen LogP contribution in [0.2, 0.25) is 0 Å². The lowest BCUT2D eigenvalue weighted by Gasteiger charge is -2.19. The van der Waals surface area contributed by atoms with Gasteiger partial charge in [-0.15, -0.1) is 0 Å². The molecular weight excluding hydrogens is 404 g/mol. The first-order valence-electron chi connectivity index (χ1n) is 10.9. The number of anilines is 1. The Bertz CT molecular complexity index is 1430. The SMILES string of the molecule is Cc1ccc2nc(C3C4Oc5ccc(Oc6ccnc7c6CCC(=O)N7)cc5C43)[nH]c2c1.